The quantitative estimate of drug-likeness (QED) is 0.171. The van der Waals surface area contributed by atoms with Crippen LogP contribution in [0.5, 0.6) is 11.8 Å². The number of phenolic OH excluding ortho intramolecular Hbond substituents is 1. The fourth-order valence-electron chi connectivity index (χ4n) is 7.37. The molecule has 1 saturated carbocycles. The Morgan fingerprint density at radius 1 is 1.20 bits per heavy atom. The van der Waals surface area contributed by atoms with E-state index in [2.05, 4.69) is 46.5 Å². The number of benzene rings is 2. The molecule has 266 valence electrons. The number of rotatable bonds is 9. The molecule has 2 aromatic heterocycles. The Labute approximate surface area is 295 Å². The molecule has 1 amide bonds. The summed E-state index contributed by atoms with van der Waals surface area (Å²) in [5, 5.41) is 14.7. The lowest BCUT2D eigenvalue weighted by molar-refractivity contribution is -0.117. The minimum absolute atomic E-state index is 0.0214. The Hall–Kier alpha value is -4.86. The number of pyridine rings is 1. The van der Waals surface area contributed by atoms with Gasteiger partial charge in [0.1, 0.15) is 28.6 Å². The third-order valence-corrected chi connectivity index (χ3v) is 10.6. The first kappa shape index (κ1) is 34.6. The Morgan fingerprint density at radius 2 is 1.98 bits per heavy atom. The Balaban J connectivity index is 1.34. The number of morpholine rings is 1. The van der Waals surface area contributed by atoms with Crippen LogP contribution >= 0.6 is 0 Å². The van der Waals surface area contributed by atoms with Crippen molar-refractivity contribution in [1.29, 1.82) is 0 Å². The van der Waals surface area contributed by atoms with E-state index in [4.69, 9.17) is 20.9 Å². The number of fused-ring (bicyclic) bond motifs is 2. The molecule has 1 aliphatic carbocycles. The van der Waals surface area contributed by atoms with Crippen molar-refractivity contribution < 1.29 is 28.2 Å². The molecule has 1 unspecified atom stereocenters. The van der Waals surface area contributed by atoms with E-state index in [1.807, 2.05) is 4.90 Å². The molecule has 2 aromatic carbocycles. The summed E-state index contributed by atoms with van der Waals surface area (Å²) in [6.07, 6.45) is 12.1. The largest absolute Gasteiger partial charge is 0.508 e. The summed E-state index contributed by atoms with van der Waals surface area (Å²) < 4.78 is 43.8. The number of hydrogen-bond donors (Lipinski definition) is 2. The lowest BCUT2D eigenvalue weighted by atomic mass is 9.81. The number of carbonyl (C=O) groups is 1. The third-order valence-electron chi connectivity index (χ3n) is 10.6. The van der Waals surface area contributed by atoms with Crippen LogP contribution in [0.25, 0.3) is 32.9 Å². The van der Waals surface area contributed by atoms with Crippen LogP contribution in [0.2, 0.25) is 0 Å². The fraction of sp³-hybridized carbons (Fsp3) is 0.436. The second kappa shape index (κ2) is 13.7. The number of aromatic hydroxyl groups is 1. The molecule has 2 saturated heterocycles. The number of ether oxygens (including phenoxy) is 2. The first-order valence-electron chi connectivity index (χ1n) is 17.4. The number of nitrogens with one attached hydrogen (secondary N) is 1. The minimum atomic E-state index is -0.791. The average molecular weight is 697 g/mol. The van der Waals surface area contributed by atoms with E-state index < -0.39 is 11.6 Å². The van der Waals surface area contributed by atoms with Crippen molar-refractivity contribution in [3.8, 4) is 35.4 Å². The number of phenols is 1. The van der Waals surface area contributed by atoms with Gasteiger partial charge in [-0.3, -0.25) is 14.7 Å². The molecule has 51 heavy (non-hydrogen) atoms. The zero-order chi connectivity index (χ0) is 35.9. The highest BCUT2D eigenvalue weighted by Gasteiger charge is 2.45. The van der Waals surface area contributed by atoms with E-state index in [1.165, 1.54) is 36.5 Å². The van der Waals surface area contributed by atoms with Gasteiger partial charge in [0.25, 0.3) is 0 Å². The maximum absolute atomic E-state index is 17.0. The molecule has 4 heterocycles. The Bertz CT molecular complexity index is 2050. The molecule has 7 rings (SSSR count). The van der Waals surface area contributed by atoms with Gasteiger partial charge in [-0.15, -0.1) is 6.42 Å². The van der Waals surface area contributed by atoms with E-state index in [0.717, 1.165) is 45.3 Å². The predicted octanol–water partition coefficient (Wildman–Crippen LogP) is 5.60. The number of carbonyl (C=O) groups excluding carboxylic acids is 1. The van der Waals surface area contributed by atoms with Gasteiger partial charge in [0, 0.05) is 55.3 Å². The normalized spacial score (nSPS) is 20.1. The maximum Gasteiger partial charge on any atom is 0.319 e. The van der Waals surface area contributed by atoms with E-state index in [9.17, 15) is 14.3 Å². The van der Waals surface area contributed by atoms with Crippen molar-refractivity contribution in [2.24, 2.45) is 10.8 Å². The molecule has 4 aromatic rings. The lowest BCUT2D eigenvalue weighted by Crippen LogP contribution is -2.49. The SMILES string of the molecule is C#Cc1c(F)ccc2cc(O)cc(-c3ncc4c(N5CCCC(C)(C)C(NC(=O)C=C)C5)nc(OCC5(CN6CCOCC6)CC5)nc4c3F)c12. The smallest absolute Gasteiger partial charge is 0.319 e. The minimum Gasteiger partial charge on any atom is -0.508 e. The fourth-order valence-corrected chi connectivity index (χ4v) is 7.37. The third kappa shape index (κ3) is 6.93. The van der Waals surface area contributed by atoms with Crippen LogP contribution in [0.1, 0.15) is 45.1 Å². The average Bonchev–Trinajstić information content (AvgIpc) is 3.90. The van der Waals surface area contributed by atoms with Gasteiger partial charge < -0.3 is 24.8 Å². The number of aromatic nitrogens is 3. The molecule has 0 bridgehead atoms. The molecule has 0 spiro atoms. The van der Waals surface area contributed by atoms with Crippen molar-refractivity contribution in [3.05, 3.63) is 60.3 Å². The summed E-state index contributed by atoms with van der Waals surface area (Å²) >= 11 is 0. The van der Waals surface area contributed by atoms with E-state index in [0.29, 0.717) is 49.5 Å². The number of anilines is 1. The first-order chi connectivity index (χ1) is 24.5. The molecular weight excluding hydrogens is 654 g/mol. The molecular formula is C39H42F2N6O4. The monoisotopic (exact) mass is 696 g/mol. The molecule has 0 radical (unpaired) electrons. The van der Waals surface area contributed by atoms with Crippen molar-refractivity contribution in [2.45, 2.75) is 45.6 Å². The second-order valence-corrected chi connectivity index (χ2v) is 14.7. The van der Waals surface area contributed by atoms with E-state index in [-0.39, 0.29) is 62.3 Å². The first-order valence-corrected chi connectivity index (χ1v) is 17.4. The van der Waals surface area contributed by atoms with Gasteiger partial charge in [-0.25, -0.2) is 8.78 Å². The van der Waals surface area contributed by atoms with Gasteiger partial charge in [-0.2, -0.15) is 9.97 Å². The highest BCUT2D eigenvalue weighted by molar-refractivity contribution is 6.03. The standard InChI is InChI=1S/C39H42F2N6O4/c1-5-26-29(40)9-8-24-18-25(48)19-27(32(24)26)34-33(41)35-28(20-42-34)36(47-13-7-10-38(3,4)30(21-47)43-31(49)6-2)45-37(44-35)51-23-39(11-12-39)22-46-14-16-50-17-15-46/h1,6,8-9,18-20,30,48H,2,7,10-17,21-23H2,3-4H3,(H,43,49). The van der Waals surface area contributed by atoms with Gasteiger partial charge in [0.15, 0.2) is 5.82 Å². The molecule has 1 atom stereocenters. The van der Waals surface area contributed by atoms with Crippen LogP contribution in [0.3, 0.4) is 0 Å². The summed E-state index contributed by atoms with van der Waals surface area (Å²) in [4.78, 5) is 30.9. The Morgan fingerprint density at radius 3 is 2.71 bits per heavy atom. The van der Waals surface area contributed by atoms with Gasteiger partial charge in [-0.1, -0.05) is 32.4 Å². The van der Waals surface area contributed by atoms with E-state index in [1.54, 1.807) is 0 Å². The Kier molecular flexibility index (Phi) is 9.29. The van der Waals surface area contributed by atoms with Gasteiger partial charge in [0.2, 0.25) is 5.91 Å². The summed E-state index contributed by atoms with van der Waals surface area (Å²) in [6.45, 7) is 13.2. The zero-order valence-corrected chi connectivity index (χ0v) is 29.0. The number of halogens is 2. The van der Waals surface area contributed by atoms with Gasteiger partial charge >= 0.3 is 6.01 Å². The van der Waals surface area contributed by atoms with Crippen LogP contribution in [0.4, 0.5) is 14.6 Å². The van der Waals surface area contributed by atoms with Gasteiger partial charge in [0.05, 0.1) is 36.8 Å². The molecule has 2 aliphatic heterocycles. The zero-order valence-electron chi connectivity index (χ0n) is 29.0. The van der Waals surface area contributed by atoms with Crippen molar-refractivity contribution in [1.82, 2.24) is 25.2 Å². The number of hydrogen-bond acceptors (Lipinski definition) is 9. The van der Waals surface area contributed by atoms with Crippen LogP contribution < -0.4 is 15.0 Å². The van der Waals surface area contributed by atoms with Crippen molar-refractivity contribution in [2.75, 3.05) is 57.4 Å². The molecule has 12 heteroatoms. The molecule has 3 aliphatic rings. The van der Waals surface area contributed by atoms with Crippen LogP contribution in [0, 0.1) is 34.8 Å². The van der Waals surface area contributed by atoms with Crippen LogP contribution in [-0.4, -0.2) is 89.5 Å². The number of terminal acetylenes is 1. The summed E-state index contributed by atoms with van der Waals surface area (Å²) in [7, 11) is 0. The summed E-state index contributed by atoms with van der Waals surface area (Å²) in [5.41, 5.74) is -0.425. The second-order valence-electron chi connectivity index (χ2n) is 14.7. The highest BCUT2D eigenvalue weighted by Crippen LogP contribution is 2.47. The highest BCUT2D eigenvalue weighted by atomic mass is 19.1. The summed E-state index contributed by atoms with van der Waals surface area (Å²) in [6, 6.07) is 5.21. The van der Waals surface area contributed by atoms with Crippen LogP contribution in [0.15, 0.2) is 43.1 Å². The topological polar surface area (TPSA) is 113 Å². The van der Waals surface area contributed by atoms with Crippen molar-refractivity contribution in [3.63, 3.8) is 0 Å². The lowest BCUT2D eigenvalue weighted by Gasteiger charge is -2.35. The molecule has 3 fully saturated rings. The molecule has 10 nitrogen and oxygen atoms in total. The predicted molar refractivity (Wildman–Crippen MR) is 192 cm³/mol. The van der Waals surface area contributed by atoms with Gasteiger partial charge in [-0.05, 0) is 60.8 Å². The van der Waals surface area contributed by atoms with E-state index >= 15 is 4.39 Å². The summed E-state index contributed by atoms with van der Waals surface area (Å²) in [5.74, 6) is 0.937. The molecule has 2 N–H and O–H groups in total. The maximum atomic E-state index is 17.0. The number of nitrogens with zero attached hydrogens (tertiary/aromatic N) is 5. The van der Waals surface area contributed by atoms with Crippen molar-refractivity contribution >= 4 is 33.4 Å². The van der Waals surface area contributed by atoms with Crippen LogP contribution in [-0.2, 0) is 9.53 Å². The number of amides is 1.